The van der Waals surface area contributed by atoms with E-state index in [0.29, 0.717) is 23.3 Å². The van der Waals surface area contributed by atoms with E-state index in [-0.39, 0.29) is 12.4 Å². The lowest BCUT2D eigenvalue weighted by atomic mass is 9.94. The van der Waals surface area contributed by atoms with Crippen LogP contribution in [0.1, 0.15) is 53.7 Å². The number of ether oxygens (including phenoxy) is 3. The fourth-order valence-corrected chi connectivity index (χ4v) is 3.80. The molecule has 164 valence electrons. The van der Waals surface area contributed by atoms with Crippen LogP contribution >= 0.6 is 0 Å². The molecule has 0 saturated carbocycles. The second kappa shape index (κ2) is 10.2. The highest BCUT2D eigenvalue weighted by atomic mass is 16.6. The zero-order valence-corrected chi connectivity index (χ0v) is 18.5. The summed E-state index contributed by atoms with van der Waals surface area (Å²) in [7, 11) is 1.58. The third-order valence-electron chi connectivity index (χ3n) is 5.38. The van der Waals surface area contributed by atoms with Gasteiger partial charge in [0.25, 0.3) is 0 Å². The molecule has 1 aliphatic heterocycles. The van der Waals surface area contributed by atoms with Crippen molar-refractivity contribution in [2.75, 3.05) is 19.0 Å². The average Bonchev–Trinajstić information content (AvgIpc) is 3.14. The number of cyclic esters (lactones) is 1. The van der Waals surface area contributed by atoms with E-state index in [1.165, 1.54) is 12.5 Å². The van der Waals surface area contributed by atoms with E-state index >= 15 is 0 Å². The molecule has 0 spiro atoms. The van der Waals surface area contributed by atoms with Crippen LogP contribution in [0.15, 0.2) is 42.0 Å². The van der Waals surface area contributed by atoms with Crippen LogP contribution < -0.4 is 14.8 Å². The molecule has 6 heteroatoms. The van der Waals surface area contributed by atoms with E-state index in [4.69, 9.17) is 14.2 Å². The van der Waals surface area contributed by atoms with E-state index in [9.17, 15) is 9.59 Å². The third-order valence-corrected chi connectivity index (χ3v) is 5.38. The van der Waals surface area contributed by atoms with Crippen LogP contribution in [-0.4, -0.2) is 25.6 Å². The summed E-state index contributed by atoms with van der Waals surface area (Å²) in [5.41, 5.74) is 4.91. The highest BCUT2D eigenvalue weighted by molar-refractivity contribution is 5.99. The molecule has 3 rings (SSSR count). The molecule has 2 aromatic rings. The maximum absolute atomic E-state index is 12.3. The van der Waals surface area contributed by atoms with Crippen molar-refractivity contribution in [1.29, 1.82) is 0 Å². The average molecular weight is 424 g/mol. The predicted octanol–water partition coefficient (Wildman–Crippen LogP) is 4.98. The molecule has 0 atom stereocenters. The number of nitrogens with one attached hydrogen (secondary N) is 1. The summed E-state index contributed by atoms with van der Waals surface area (Å²) in [5.74, 6) is -0.0713. The van der Waals surface area contributed by atoms with Gasteiger partial charge in [-0.3, -0.25) is 4.79 Å². The normalized spacial score (nSPS) is 12.9. The fourth-order valence-electron chi connectivity index (χ4n) is 3.80. The molecule has 0 bridgehead atoms. The SMILES string of the molecule is COc1c(C)c2c(c(OC(C)=O)c1C/C=C(\C)CCCNc1ccccc1)C(=O)OC2. The Labute approximate surface area is 183 Å². The molecule has 0 fully saturated rings. The van der Waals surface area contributed by atoms with E-state index in [2.05, 4.69) is 18.3 Å². The number of hydrogen-bond acceptors (Lipinski definition) is 6. The van der Waals surface area contributed by atoms with Crippen LogP contribution in [0.2, 0.25) is 0 Å². The molecule has 0 unspecified atom stereocenters. The Morgan fingerprint density at radius 1 is 1.19 bits per heavy atom. The highest BCUT2D eigenvalue weighted by Crippen LogP contribution is 2.43. The molecule has 0 amide bonds. The monoisotopic (exact) mass is 423 g/mol. The molecule has 1 aliphatic rings. The summed E-state index contributed by atoms with van der Waals surface area (Å²) in [6.45, 7) is 6.33. The van der Waals surface area contributed by atoms with Crippen LogP contribution in [0.3, 0.4) is 0 Å². The first kappa shape index (κ1) is 22.4. The Hall–Kier alpha value is -3.28. The fraction of sp³-hybridized carbons (Fsp3) is 0.360. The second-order valence-electron chi connectivity index (χ2n) is 7.64. The zero-order chi connectivity index (χ0) is 22.4. The van der Waals surface area contributed by atoms with Crippen LogP contribution in [0.25, 0.3) is 0 Å². The predicted molar refractivity (Wildman–Crippen MR) is 120 cm³/mol. The quantitative estimate of drug-likeness (QED) is 0.265. The minimum atomic E-state index is -0.484. The minimum Gasteiger partial charge on any atom is -0.496 e. The number of hydrogen-bond donors (Lipinski definition) is 1. The second-order valence-corrected chi connectivity index (χ2v) is 7.64. The van der Waals surface area contributed by atoms with Crippen molar-refractivity contribution in [3.05, 3.63) is 64.2 Å². The molecular weight excluding hydrogens is 394 g/mol. The van der Waals surface area contributed by atoms with Crippen molar-refractivity contribution in [3.63, 3.8) is 0 Å². The van der Waals surface area contributed by atoms with Gasteiger partial charge in [-0.25, -0.2) is 4.79 Å². The number of carbonyl (C=O) groups excluding carboxylic acids is 2. The largest absolute Gasteiger partial charge is 0.496 e. The molecule has 0 saturated heterocycles. The summed E-state index contributed by atoms with van der Waals surface area (Å²) in [4.78, 5) is 24.1. The topological polar surface area (TPSA) is 73.9 Å². The standard InChI is InChI=1S/C25H29NO5/c1-16(9-8-14-26-19-10-6-5-7-11-19)12-13-20-23(29-4)17(2)21-15-30-25(28)22(21)24(20)31-18(3)27/h5-7,10-12,26H,8-9,13-15H2,1-4H3/b16-12+. The van der Waals surface area contributed by atoms with E-state index in [1.54, 1.807) is 7.11 Å². The van der Waals surface area contributed by atoms with E-state index in [0.717, 1.165) is 36.2 Å². The van der Waals surface area contributed by atoms with Crippen molar-refractivity contribution in [3.8, 4) is 11.5 Å². The smallest absolute Gasteiger partial charge is 0.342 e. The first-order chi connectivity index (χ1) is 14.9. The van der Waals surface area contributed by atoms with Gasteiger partial charge in [0.05, 0.1) is 7.11 Å². The molecule has 1 N–H and O–H groups in total. The van der Waals surface area contributed by atoms with Gasteiger partial charge in [-0.1, -0.05) is 29.8 Å². The molecule has 1 heterocycles. The molecular formula is C25H29NO5. The first-order valence-corrected chi connectivity index (χ1v) is 10.4. The first-order valence-electron chi connectivity index (χ1n) is 10.4. The van der Waals surface area contributed by atoms with Gasteiger partial charge in [0, 0.05) is 30.3 Å². The lowest BCUT2D eigenvalue weighted by Gasteiger charge is -2.18. The van der Waals surface area contributed by atoms with Gasteiger partial charge in [-0.15, -0.1) is 0 Å². The van der Waals surface area contributed by atoms with Gasteiger partial charge < -0.3 is 19.5 Å². The Kier molecular flexibility index (Phi) is 7.34. The van der Waals surface area contributed by atoms with Crippen molar-refractivity contribution >= 4 is 17.6 Å². The van der Waals surface area contributed by atoms with Gasteiger partial charge in [0.1, 0.15) is 17.9 Å². The summed E-state index contributed by atoms with van der Waals surface area (Å²) in [6.07, 6.45) is 4.50. The van der Waals surface area contributed by atoms with E-state index in [1.807, 2.05) is 37.3 Å². The van der Waals surface area contributed by atoms with Crippen molar-refractivity contribution in [2.45, 2.75) is 46.6 Å². The Bertz CT molecular complexity index is 995. The van der Waals surface area contributed by atoms with Crippen LogP contribution in [0.5, 0.6) is 11.5 Å². The Morgan fingerprint density at radius 2 is 1.94 bits per heavy atom. The zero-order valence-electron chi connectivity index (χ0n) is 18.5. The maximum atomic E-state index is 12.3. The van der Waals surface area contributed by atoms with Gasteiger partial charge in [0.2, 0.25) is 0 Å². The van der Waals surface area contributed by atoms with Gasteiger partial charge >= 0.3 is 11.9 Å². The lowest BCUT2D eigenvalue weighted by Crippen LogP contribution is -2.11. The minimum absolute atomic E-state index is 0.161. The summed E-state index contributed by atoms with van der Waals surface area (Å²) in [5, 5.41) is 3.41. The third kappa shape index (κ3) is 5.26. The molecule has 31 heavy (non-hydrogen) atoms. The Balaban J connectivity index is 1.76. The number of allylic oxidation sites excluding steroid dienone is 2. The number of para-hydroxylation sites is 1. The number of benzene rings is 2. The lowest BCUT2D eigenvalue weighted by molar-refractivity contribution is -0.131. The summed E-state index contributed by atoms with van der Waals surface area (Å²) in [6, 6.07) is 10.1. The van der Waals surface area contributed by atoms with Crippen molar-refractivity contribution < 1.29 is 23.8 Å². The van der Waals surface area contributed by atoms with Gasteiger partial charge in [-0.2, -0.15) is 0 Å². The molecule has 0 aromatic heterocycles. The van der Waals surface area contributed by atoms with Crippen LogP contribution in [0, 0.1) is 6.92 Å². The number of rotatable bonds is 9. The maximum Gasteiger partial charge on any atom is 0.342 e. The Morgan fingerprint density at radius 3 is 2.61 bits per heavy atom. The number of esters is 2. The molecule has 2 aromatic carbocycles. The molecule has 0 radical (unpaired) electrons. The number of fused-ring (bicyclic) bond motifs is 1. The van der Waals surface area contributed by atoms with E-state index < -0.39 is 11.9 Å². The molecule has 0 aliphatic carbocycles. The summed E-state index contributed by atoms with van der Waals surface area (Å²) < 4.78 is 16.3. The summed E-state index contributed by atoms with van der Waals surface area (Å²) >= 11 is 0. The number of carbonyl (C=O) groups is 2. The number of methoxy groups -OCH3 is 1. The molecule has 6 nitrogen and oxygen atoms in total. The number of anilines is 1. The highest BCUT2D eigenvalue weighted by Gasteiger charge is 2.33. The van der Waals surface area contributed by atoms with Gasteiger partial charge in [-0.05, 0) is 50.8 Å². The van der Waals surface area contributed by atoms with Crippen molar-refractivity contribution in [1.82, 2.24) is 0 Å². The van der Waals surface area contributed by atoms with Crippen LogP contribution in [0.4, 0.5) is 5.69 Å². The van der Waals surface area contributed by atoms with Crippen LogP contribution in [-0.2, 0) is 22.6 Å². The van der Waals surface area contributed by atoms with Gasteiger partial charge in [0.15, 0.2) is 5.75 Å². The van der Waals surface area contributed by atoms with Crippen molar-refractivity contribution in [2.24, 2.45) is 0 Å².